The minimum Gasteiger partial charge on any atom is -0.481 e. The van der Waals surface area contributed by atoms with Gasteiger partial charge in [0.05, 0.1) is 63.4 Å². The number of ketones is 4. The molecule has 3 atom stereocenters. The van der Waals surface area contributed by atoms with E-state index >= 15 is 0 Å². The lowest BCUT2D eigenvalue weighted by Gasteiger charge is -2.31. The topological polar surface area (TPSA) is 342 Å². The SMILES string of the molecule is NC(=O)[C@H](CCCCNC(=O)COCCOCCNC(=O)COCCOCCCC(=O)C[C@@H](CC(=O)C1CCN(C(=O)CCCCCCCCCCCCCCCCC(=O)O)CC1)C(=O)O)CCC(=O)[C@H](Cc1cccc(C(F)(F)F)c1)NCC(=O)CCc1cnc[nH]1. The first-order valence-electron chi connectivity index (χ1n) is 33.5. The zero-order valence-corrected chi connectivity index (χ0v) is 54.4. The highest BCUT2D eigenvalue weighted by molar-refractivity contribution is 5.90. The second-order valence-electron chi connectivity index (χ2n) is 24.1. The number of H-pyrrole nitrogens is 1. The molecule has 0 bridgehead atoms. The summed E-state index contributed by atoms with van der Waals surface area (Å²) in [4.78, 5) is 133. The lowest BCUT2D eigenvalue weighted by Crippen LogP contribution is -2.42. The number of hydrogen-bond acceptors (Lipinski definition) is 16. The van der Waals surface area contributed by atoms with Gasteiger partial charge in [-0.2, -0.15) is 13.2 Å². The molecule has 2 aromatic rings. The Morgan fingerprint density at radius 2 is 1.23 bits per heavy atom. The quantitative estimate of drug-likeness (QED) is 0.0308. The fourth-order valence-corrected chi connectivity index (χ4v) is 10.9. The third-order valence-corrected chi connectivity index (χ3v) is 16.4. The Bertz CT molecular complexity index is 2510. The Morgan fingerprint density at radius 3 is 1.81 bits per heavy atom. The van der Waals surface area contributed by atoms with E-state index in [1.54, 1.807) is 11.1 Å². The lowest BCUT2D eigenvalue weighted by molar-refractivity contribution is -0.146. The van der Waals surface area contributed by atoms with Gasteiger partial charge in [-0.25, -0.2) is 4.98 Å². The molecule has 524 valence electrons. The van der Waals surface area contributed by atoms with Gasteiger partial charge in [-0.15, -0.1) is 0 Å². The van der Waals surface area contributed by atoms with Crippen LogP contribution in [0, 0.1) is 17.8 Å². The summed E-state index contributed by atoms with van der Waals surface area (Å²) in [5.74, 6) is -6.38. The Labute approximate surface area is 545 Å². The molecule has 1 saturated heterocycles. The van der Waals surface area contributed by atoms with E-state index in [0.717, 1.165) is 62.8 Å². The number of imidazole rings is 1. The van der Waals surface area contributed by atoms with Crippen molar-refractivity contribution in [1.29, 1.82) is 0 Å². The second kappa shape index (κ2) is 49.1. The molecule has 93 heavy (non-hydrogen) atoms. The largest absolute Gasteiger partial charge is 0.481 e. The normalized spacial score (nSPS) is 13.7. The van der Waals surface area contributed by atoms with Crippen LogP contribution in [0.15, 0.2) is 36.8 Å². The molecular formula is C67H104F3N7O16. The summed E-state index contributed by atoms with van der Waals surface area (Å²) in [7, 11) is 0. The lowest BCUT2D eigenvalue weighted by atomic mass is 9.85. The molecule has 1 aromatic carbocycles. The van der Waals surface area contributed by atoms with Crippen molar-refractivity contribution in [2.24, 2.45) is 23.5 Å². The standard InChI is InChI=1S/C67H104F3N7O16/c68-67(69,70)54-21-17-19-50(41-54)42-58(75-46-57(79)27-26-55-45-72-49-76-55)59(80)28-25-52(65(71)87)20-15-16-31-73-61(82)47-93-40-38-91-36-32-74-62(83)48-92-39-37-90-35-18-22-56(78)43-53(66(88)89)44-60(81)51-29-33-77(34-30-51)63(84)23-13-11-9-7-5-3-1-2-4-6-8-10-12-14-24-64(85)86/h17,19,21,41,45,49,51-53,58,75H,1-16,18,20,22-40,42-44,46-48H2,(H2,71,87)(H,72,76)(H,73,82)(H,74,83)(H,85,86)(H,88,89)/t52-,53+,58+/m1/s1. The number of nitrogens with two attached hydrogens (primary N) is 1. The summed E-state index contributed by atoms with van der Waals surface area (Å²) >= 11 is 0. The molecule has 0 unspecified atom stereocenters. The molecule has 1 fully saturated rings. The van der Waals surface area contributed by atoms with Gasteiger partial charge in [0.2, 0.25) is 23.6 Å². The summed E-state index contributed by atoms with van der Waals surface area (Å²) in [5, 5.41) is 26.8. The number of unbranched alkanes of at least 4 members (excludes halogenated alkanes) is 14. The summed E-state index contributed by atoms with van der Waals surface area (Å²) in [5.41, 5.74) is 5.80. The molecule has 26 heteroatoms. The number of aromatic amines is 1. The summed E-state index contributed by atoms with van der Waals surface area (Å²) < 4.78 is 62.0. The number of rotatable bonds is 58. The third-order valence-electron chi connectivity index (χ3n) is 16.4. The molecule has 0 saturated carbocycles. The average Bonchev–Trinajstić information content (AvgIpc) is 2.30. The van der Waals surface area contributed by atoms with Gasteiger partial charge >= 0.3 is 18.1 Å². The zero-order chi connectivity index (χ0) is 67.9. The molecule has 3 rings (SSSR count). The predicted octanol–water partition coefficient (Wildman–Crippen LogP) is 8.02. The summed E-state index contributed by atoms with van der Waals surface area (Å²) in [6.07, 6.45) is 17.4. The van der Waals surface area contributed by atoms with Crippen molar-refractivity contribution in [3.8, 4) is 0 Å². The molecule has 23 nitrogen and oxygen atoms in total. The number of benzene rings is 1. The van der Waals surface area contributed by atoms with Gasteiger partial charge in [-0.05, 0) is 75.8 Å². The first-order chi connectivity index (χ1) is 44.7. The Hall–Kier alpha value is -6.48. The first-order valence-corrected chi connectivity index (χ1v) is 33.5. The number of alkyl halides is 3. The highest BCUT2D eigenvalue weighted by Gasteiger charge is 2.33. The molecule has 0 aliphatic carbocycles. The molecular weight excluding hydrogens is 1220 g/mol. The van der Waals surface area contributed by atoms with E-state index in [1.165, 1.54) is 63.4 Å². The average molecular weight is 1320 g/mol. The maximum Gasteiger partial charge on any atom is 0.416 e. The number of carbonyl (C=O) groups is 10. The highest BCUT2D eigenvalue weighted by Crippen LogP contribution is 2.30. The van der Waals surface area contributed by atoms with Gasteiger partial charge in [-0.3, -0.25) is 47.9 Å². The van der Waals surface area contributed by atoms with Gasteiger partial charge in [0.15, 0.2) is 0 Å². The number of amides is 4. The number of aliphatic carboxylic acids is 2. The molecule has 1 aromatic heterocycles. The fourth-order valence-electron chi connectivity index (χ4n) is 10.9. The number of nitrogens with zero attached hydrogens (tertiary/aromatic N) is 2. The molecule has 2 heterocycles. The van der Waals surface area contributed by atoms with Crippen molar-refractivity contribution in [3.63, 3.8) is 0 Å². The van der Waals surface area contributed by atoms with Crippen LogP contribution >= 0.6 is 0 Å². The van der Waals surface area contributed by atoms with Crippen molar-refractivity contribution < 1.29 is 90.3 Å². The Balaban J connectivity index is 1.13. The number of carboxylic acid groups (broad SMARTS) is 2. The van der Waals surface area contributed by atoms with Crippen molar-refractivity contribution >= 4 is 58.7 Å². The van der Waals surface area contributed by atoms with Crippen molar-refractivity contribution in [2.75, 3.05) is 85.6 Å². The smallest absolute Gasteiger partial charge is 0.416 e. The number of aryl methyl sites for hydroxylation is 1. The molecule has 0 spiro atoms. The van der Waals surface area contributed by atoms with Crippen molar-refractivity contribution in [1.82, 2.24) is 30.8 Å². The number of primary amides is 1. The number of carboxylic acids is 2. The molecule has 1 aliphatic heterocycles. The molecule has 8 N–H and O–H groups in total. The van der Waals surface area contributed by atoms with Crippen LogP contribution in [0.25, 0.3) is 0 Å². The van der Waals surface area contributed by atoms with Crippen LogP contribution in [0.3, 0.4) is 0 Å². The predicted molar refractivity (Wildman–Crippen MR) is 339 cm³/mol. The number of halogens is 3. The minimum atomic E-state index is -4.58. The molecule has 1 aliphatic rings. The number of likely N-dealkylation sites (tertiary alicyclic amines) is 1. The number of aromatic nitrogens is 2. The highest BCUT2D eigenvalue weighted by atomic mass is 19.4. The summed E-state index contributed by atoms with van der Waals surface area (Å²) in [6.45, 7) is 1.70. The second-order valence-corrected chi connectivity index (χ2v) is 24.1. The van der Waals surface area contributed by atoms with Crippen LogP contribution < -0.4 is 21.7 Å². The Morgan fingerprint density at radius 1 is 0.634 bits per heavy atom. The van der Waals surface area contributed by atoms with Gasteiger partial charge in [0.25, 0.3) is 0 Å². The molecule has 0 radical (unpaired) electrons. The van der Waals surface area contributed by atoms with Gasteiger partial charge < -0.3 is 60.7 Å². The van der Waals surface area contributed by atoms with E-state index in [4.69, 9.17) is 29.8 Å². The monoisotopic (exact) mass is 1320 g/mol. The Kier molecular flexibility index (Phi) is 42.7. The number of ether oxygens (including phenoxy) is 4. The number of hydrogen-bond donors (Lipinski definition) is 7. The van der Waals surface area contributed by atoms with E-state index in [-0.39, 0.29) is 176 Å². The number of carbonyl (C=O) groups excluding carboxylic acids is 8. The van der Waals surface area contributed by atoms with E-state index in [1.807, 2.05) is 0 Å². The van der Waals surface area contributed by atoms with Crippen LogP contribution in [0.4, 0.5) is 13.2 Å². The van der Waals surface area contributed by atoms with E-state index in [0.29, 0.717) is 64.5 Å². The van der Waals surface area contributed by atoms with Crippen LogP contribution in [-0.4, -0.2) is 175 Å². The van der Waals surface area contributed by atoms with Gasteiger partial charge in [-0.1, -0.05) is 102 Å². The van der Waals surface area contributed by atoms with Crippen LogP contribution in [0.1, 0.15) is 197 Å². The van der Waals surface area contributed by atoms with Crippen LogP contribution in [0.5, 0.6) is 0 Å². The zero-order valence-electron chi connectivity index (χ0n) is 54.4. The van der Waals surface area contributed by atoms with Gasteiger partial charge in [0, 0.05) is 101 Å². The van der Waals surface area contributed by atoms with E-state index < -0.39 is 47.5 Å². The maximum atomic E-state index is 13.5. The van der Waals surface area contributed by atoms with Crippen molar-refractivity contribution in [2.45, 2.75) is 205 Å². The maximum absolute atomic E-state index is 13.5. The number of nitrogens with one attached hydrogen (secondary N) is 4. The first kappa shape index (κ1) is 80.8. The minimum absolute atomic E-state index is 0.0845. The fraction of sp³-hybridized carbons (Fsp3) is 0.716. The van der Waals surface area contributed by atoms with Crippen LogP contribution in [0.2, 0.25) is 0 Å². The number of piperidine rings is 1. The van der Waals surface area contributed by atoms with Crippen molar-refractivity contribution in [3.05, 3.63) is 53.6 Å². The summed E-state index contributed by atoms with van der Waals surface area (Å²) in [6, 6.07) is 3.63. The molecule has 4 amide bonds. The van der Waals surface area contributed by atoms with E-state index in [2.05, 4.69) is 25.9 Å². The van der Waals surface area contributed by atoms with E-state index in [9.17, 15) is 66.2 Å². The number of Topliss-reactive ketones (excluding diaryl/α,β-unsaturated/α-hetero) is 4. The third kappa shape index (κ3) is 39.7. The van der Waals surface area contributed by atoms with Gasteiger partial charge in [0.1, 0.15) is 36.3 Å². The van der Waals surface area contributed by atoms with Crippen LogP contribution in [-0.2, 0) is 85.9 Å².